The Morgan fingerprint density at radius 3 is 2.57 bits per heavy atom. The molecule has 0 spiro atoms. The predicted octanol–water partition coefficient (Wildman–Crippen LogP) is 3.20. The van der Waals surface area contributed by atoms with E-state index in [9.17, 15) is 23.2 Å². The summed E-state index contributed by atoms with van der Waals surface area (Å²) in [5, 5.41) is 11.6. The van der Waals surface area contributed by atoms with E-state index in [0.29, 0.717) is 21.7 Å². The second kappa shape index (κ2) is 7.62. The highest BCUT2D eigenvalue weighted by molar-refractivity contribution is 6.36. The summed E-state index contributed by atoms with van der Waals surface area (Å²) in [6.07, 6.45) is 0. The summed E-state index contributed by atoms with van der Waals surface area (Å²) in [6.45, 7) is -0.414. The van der Waals surface area contributed by atoms with Crippen molar-refractivity contribution in [1.29, 1.82) is 0 Å². The lowest BCUT2D eigenvalue weighted by Crippen LogP contribution is -2.43. The number of amides is 3. The van der Waals surface area contributed by atoms with Crippen molar-refractivity contribution in [2.24, 2.45) is 10.3 Å². The highest BCUT2D eigenvalue weighted by atomic mass is 35.5. The molecule has 2 aromatic carbocycles. The van der Waals surface area contributed by atoms with Crippen molar-refractivity contribution in [2.45, 2.75) is 12.1 Å². The van der Waals surface area contributed by atoms with Crippen molar-refractivity contribution >= 4 is 52.3 Å². The minimum absolute atomic E-state index is 0.210. The number of fused-ring (bicyclic) bond motifs is 1. The third-order valence-corrected chi connectivity index (χ3v) is 5.07. The minimum Gasteiger partial charge on any atom is -0.323 e. The molecule has 1 saturated heterocycles. The molecule has 2 aromatic rings. The van der Waals surface area contributed by atoms with Crippen LogP contribution in [0.25, 0.3) is 0 Å². The molecule has 8 nitrogen and oxygen atoms in total. The van der Waals surface area contributed by atoms with Gasteiger partial charge < -0.3 is 5.32 Å². The number of carbonyl (C=O) groups excluding carboxylic acids is 3. The molecular weight excluding hydrogens is 443 g/mol. The van der Waals surface area contributed by atoms with Gasteiger partial charge in [0.05, 0.1) is 16.4 Å². The fourth-order valence-electron chi connectivity index (χ4n) is 3.18. The van der Waals surface area contributed by atoms with Gasteiger partial charge in [-0.2, -0.15) is 5.11 Å². The Balaban J connectivity index is 1.51. The standard InChI is InChI=1S/C18H11Cl2F2N5O3/c19-8-1-3-12(10(20)5-8)23-14(28)7-26-16-15(24-25-26)17(29)27(18(16)30)13-4-2-9(21)6-11(13)22/h1-6,15-16H,7H2,(H,23,28)/t15-,16-/m0/s1. The molecule has 2 aliphatic rings. The van der Waals surface area contributed by atoms with Crippen LogP contribution in [0.2, 0.25) is 10.0 Å². The number of carbonyl (C=O) groups is 3. The average molecular weight is 454 g/mol. The summed E-state index contributed by atoms with van der Waals surface area (Å²) < 4.78 is 27.3. The number of benzene rings is 2. The highest BCUT2D eigenvalue weighted by Gasteiger charge is 2.55. The van der Waals surface area contributed by atoms with E-state index in [1.54, 1.807) is 0 Å². The fraction of sp³-hybridized carbons (Fsp3) is 0.167. The number of imide groups is 1. The molecule has 3 amide bonds. The largest absolute Gasteiger partial charge is 0.323 e. The van der Waals surface area contributed by atoms with Crippen LogP contribution in [0.15, 0.2) is 46.7 Å². The number of hydrogen-bond donors (Lipinski definition) is 1. The van der Waals surface area contributed by atoms with Crippen molar-refractivity contribution in [3.8, 4) is 0 Å². The SMILES string of the molecule is O=C(CN1N=N[C@@H]2C(=O)N(c3ccc(F)cc3F)C(=O)[C@H]21)Nc1ccc(Cl)cc1Cl. The van der Waals surface area contributed by atoms with Gasteiger partial charge in [0, 0.05) is 11.1 Å². The molecule has 0 aromatic heterocycles. The van der Waals surface area contributed by atoms with Crippen LogP contribution in [0.5, 0.6) is 0 Å². The maximum absolute atomic E-state index is 14.1. The van der Waals surface area contributed by atoms with Gasteiger partial charge in [0.15, 0.2) is 12.1 Å². The van der Waals surface area contributed by atoms with E-state index in [0.717, 1.165) is 17.1 Å². The van der Waals surface area contributed by atoms with Crippen molar-refractivity contribution in [1.82, 2.24) is 5.01 Å². The normalized spacial score (nSPS) is 20.1. The second-order valence-electron chi connectivity index (χ2n) is 6.47. The number of rotatable bonds is 4. The molecule has 0 unspecified atom stereocenters. The molecule has 12 heteroatoms. The van der Waals surface area contributed by atoms with E-state index in [1.165, 1.54) is 18.2 Å². The molecule has 2 atom stereocenters. The van der Waals surface area contributed by atoms with Crippen molar-refractivity contribution in [2.75, 3.05) is 16.8 Å². The Morgan fingerprint density at radius 1 is 1.10 bits per heavy atom. The number of anilines is 2. The number of nitrogens with zero attached hydrogens (tertiary/aromatic N) is 4. The summed E-state index contributed by atoms with van der Waals surface area (Å²) in [6, 6.07) is 4.50. The zero-order valence-electron chi connectivity index (χ0n) is 14.9. The Hall–Kier alpha value is -3.11. The van der Waals surface area contributed by atoms with Crippen LogP contribution in [0.3, 0.4) is 0 Å². The van der Waals surface area contributed by atoms with Crippen molar-refractivity contribution in [3.63, 3.8) is 0 Å². The number of halogens is 4. The second-order valence-corrected chi connectivity index (χ2v) is 7.32. The molecule has 154 valence electrons. The van der Waals surface area contributed by atoms with E-state index in [4.69, 9.17) is 23.2 Å². The topological polar surface area (TPSA) is 94.4 Å². The van der Waals surface area contributed by atoms with Gasteiger partial charge in [-0.25, -0.2) is 13.7 Å². The van der Waals surface area contributed by atoms with Crippen molar-refractivity contribution < 1.29 is 23.2 Å². The Labute approximate surface area is 178 Å². The molecule has 4 rings (SSSR count). The lowest BCUT2D eigenvalue weighted by atomic mass is 10.1. The number of nitrogens with one attached hydrogen (secondary N) is 1. The molecule has 2 aliphatic heterocycles. The Kier molecular flexibility index (Phi) is 5.12. The van der Waals surface area contributed by atoms with E-state index in [1.807, 2.05) is 0 Å². The zero-order chi connectivity index (χ0) is 21.6. The van der Waals surface area contributed by atoms with Crippen LogP contribution >= 0.6 is 23.2 Å². The minimum atomic E-state index is -1.23. The molecule has 1 N–H and O–H groups in total. The quantitative estimate of drug-likeness (QED) is 0.719. The summed E-state index contributed by atoms with van der Waals surface area (Å²) in [4.78, 5) is 38.3. The fourth-order valence-corrected chi connectivity index (χ4v) is 3.64. The zero-order valence-corrected chi connectivity index (χ0v) is 16.4. The third-order valence-electron chi connectivity index (χ3n) is 4.52. The molecule has 1 fully saturated rings. The van der Waals surface area contributed by atoms with Gasteiger partial charge in [-0.1, -0.05) is 28.4 Å². The lowest BCUT2D eigenvalue weighted by molar-refractivity contribution is -0.123. The van der Waals surface area contributed by atoms with Crippen LogP contribution in [-0.4, -0.2) is 41.4 Å². The van der Waals surface area contributed by atoms with Gasteiger partial charge in [0.2, 0.25) is 5.91 Å². The van der Waals surface area contributed by atoms with Gasteiger partial charge in [-0.3, -0.25) is 19.4 Å². The maximum atomic E-state index is 14.1. The van der Waals surface area contributed by atoms with Crippen LogP contribution in [0, 0.1) is 11.6 Å². The molecule has 30 heavy (non-hydrogen) atoms. The first kappa shape index (κ1) is 20.2. The molecular formula is C18H11Cl2F2N5O3. The highest BCUT2D eigenvalue weighted by Crippen LogP contribution is 2.33. The van der Waals surface area contributed by atoms with E-state index >= 15 is 0 Å². The van der Waals surface area contributed by atoms with Gasteiger partial charge in [0.1, 0.15) is 18.2 Å². The maximum Gasteiger partial charge on any atom is 0.263 e. The first-order valence-corrected chi connectivity index (χ1v) is 9.27. The summed E-state index contributed by atoms with van der Waals surface area (Å²) >= 11 is 11.8. The first-order chi connectivity index (χ1) is 14.3. The average Bonchev–Trinajstić information content (AvgIpc) is 3.19. The molecule has 0 saturated carbocycles. The molecule has 0 bridgehead atoms. The first-order valence-electron chi connectivity index (χ1n) is 8.51. The Bertz CT molecular complexity index is 1110. The van der Waals surface area contributed by atoms with Gasteiger partial charge >= 0.3 is 0 Å². The molecule has 0 radical (unpaired) electrons. The van der Waals surface area contributed by atoms with Gasteiger partial charge in [-0.05, 0) is 30.3 Å². The van der Waals surface area contributed by atoms with Crippen molar-refractivity contribution in [3.05, 3.63) is 58.1 Å². The monoisotopic (exact) mass is 453 g/mol. The Morgan fingerprint density at radius 2 is 1.87 bits per heavy atom. The molecule has 2 heterocycles. The summed E-state index contributed by atoms with van der Waals surface area (Å²) in [5.41, 5.74) is -0.101. The van der Waals surface area contributed by atoms with E-state index in [2.05, 4.69) is 15.7 Å². The van der Waals surface area contributed by atoms with Crippen LogP contribution in [-0.2, 0) is 14.4 Å². The molecule has 0 aliphatic carbocycles. The number of hydrogen-bond acceptors (Lipinski definition) is 6. The predicted molar refractivity (Wildman–Crippen MR) is 103 cm³/mol. The third kappa shape index (κ3) is 3.48. The summed E-state index contributed by atoms with van der Waals surface area (Å²) in [7, 11) is 0. The lowest BCUT2D eigenvalue weighted by Gasteiger charge is -2.20. The van der Waals surface area contributed by atoms with Gasteiger partial charge in [-0.15, -0.1) is 0 Å². The van der Waals surface area contributed by atoms with Crippen LogP contribution in [0.4, 0.5) is 20.2 Å². The van der Waals surface area contributed by atoms with E-state index in [-0.39, 0.29) is 5.02 Å². The van der Waals surface area contributed by atoms with E-state index < -0.39 is 53.7 Å². The smallest absolute Gasteiger partial charge is 0.263 e. The van der Waals surface area contributed by atoms with Crippen LogP contribution in [0.1, 0.15) is 0 Å². The van der Waals surface area contributed by atoms with Crippen LogP contribution < -0.4 is 10.2 Å². The summed E-state index contributed by atoms with van der Waals surface area (Å²) in [5.74, 6) is -4.14. The van der Waals surface area contributed by atoms with Gasteiger partial charge in [0.25, 0.3) is 11.8 Å².